The Balaban J connectivity index is 1.80. The van der Waals surface area contributed by atoms with Gasteiger partial charge < -0.3 is 5.32 Å². The maximum atomic E-state index is 11.4. The first-order chi connectivity index (χ1) is 10.1. The lowest BCUT2D eigenvalue weighted by Gasteiger charge is -2.09. The number of aromatic nitrogens is 2. The summed E-state index contributed by atoms with van der Waals surface area (Å²) in [5, 5.41) is 3.90. The average molecular weight is 322 g/mol. The highest BCUT2D eigenvalue weighted by atomic mass is 35.5. The van der Waals surface area contributed by atoms with E-state index in [4.69, 9.17) is 11.6 Å². The molecule has 3 rings (SSSR count). The van der Waals surface area contributed by atoms with Gasteiger partial charge in [0.25, 0.3) is 0 Å². The summed E-state index contributed by atoms with van der Waals surface area (Å²) in [7, 11) is -0.921. The van der Waals surface area contributed by atoms with Crippen LogP contribution in [0.15, 0.2) is 30.5 Å². The third kappa shape index (κ3) is 3.80. The predicted molar refractivity (Wildman–Crippen MR) is 86.5 cm³/mol. The second-order valence-corrected chi connectivity index (χ2v) is 7.07. The Labute approximate surface area is 131 Å². The zero-order valence-corrected chi connectivity index (χ0v) is 13.2. The molecule has 1 fully saturated rings. The molecule has 1 aliphatic rings. The molecule has 1 atom stereocenters. The van der Waals surface area contributed by atoms with Gasteiger partial charge in [-0.3, -0.25) is 4.21 Å². The van der Waals surface area contributed by atoms with Crippen molar-refractivity contribution in [2.24, 2.45) is 0 Å². The molecular weight excluding hydrogens is 306 g/mol. The largest absolute Gasteiger partial charge is 0.340 e. The Hall–Kier alpha value is -1.46. The molecule has 1 aromatic heterocycles. The van der Waals surface area contributed by atoms with Gasteiger partial charge in [-0.2, -0.15) is 0 Å². The van der Waals surface area contributed by atoms with Crippen LogP contribution >= 0.6 is 11.6 Å². The lowest BCUT2D eigenvalue weighted by Crippen LogP contribution is -2.00. The fraction of sp³-hybridized carbons (Fsp3) is 0.333. The summed E-state index contributed by atoms with van der Waals surface area (Å²) in [6, 6.07) is 7.47. The van der Waals surface area contributed by atoms with Crippen LogP contribution in [0.3, 0.4) is 0 Å². The van der Waals surface area contributed by atoms with E-state index in [-0.39, 0.29) is 0 Å². The molecule has 0 radical (unpaired) electrons. The minimum atomic E-state index is -0.921. The van der Waals surface area contributed by atoms with Crippen molar-refractivity contribution >= 4 is 33.9 Å². The highest BCUT2D eigenvalue weighted by Crippen LogP contribution is 2.38. The molecule has 0 saturated heterocycles. The topological polar surface area (TPSA) is 54.9 Å². The highest BCUT2D eigenvalue weighted by Gasteiger charge is 2.26. The Morgan fingerprint density at radius 3 is 2.90 bits per heavy atom. The molecule has 2 aromatic rings. The van der Waals surface area contributed by atoms with E-state index in [2.05, 4.69) is 15.3 Å². The van der Waals surface area contributed by atoms with E-state index in [0.717, 1.165) is 22.9 Å². The molecule has 21 heavy (non-hydrogen) atoms. The molecule has 1 unspecified atom stereocenters. The normalized spacial score (nSPS) is 15.7. The second kappa shape index (κ2) is 6.12. The minimum absolute atomic E-state index is 0.450. The molecule has 1 aromatic carbocycles. The molecule has 1 heterocycles. The predicted octanol–water partition coefficient (Wildman–Crippen LogP) is 3.63. The quantitative estimate of drug-likeness (QED) is 0.913. The molecule has 0 spiro atoms. The van der Waals surface area contributed by atoms with Crippen LogP contribution in [0, 0.1) is 0 Å². The number of rotatable bonds is 5. The first-order valence-electron chi connectivity index (χ1n) is 6.80. The van der Waals surface area contributed by atoms with Crippen LogP contribution in [0.2, 0.25) is 5.02 Å². The molecule has 0 aliphatic heterocycles. The van der Waals surface area contributed by atoms with Crippen molar-refractivity contribution in [2.45, 2.75) is 24.5 Å². The third-order valence-electron chi connectivity index (χ3n) is 3.29. The standard InChI is InChI=1S/C15H16ClN3OS/c1-21(20)9-11-8-12(4-5-13(11)16)18-14-6-7-17-15(19-14)10-2-3-10/h4-8,10H,2-3,9H2,1H3,(H,17,18,19). The van der Waals surface area contributed by atoms with Crippen LogP contribution in [-0.4, -0.2) is 20.4 Å². The Morgan fingerprint density at radius 1 is 1.38 bits per heavy atom. The van der Waals surface area contributed by atoms with E-state index in [0.29, 0.717) is 16.7 Å². The summed E-state index contributed by atoms with van der Waals surface area (Å²) in [6.45, 7) is 0. The third-order valence-corrected chi connectivity index (χ3v) is 4.38. The van der Waals surface area contributed by atoms with Gasteiger partial charge in [0, 0.05) is 45.6 Å². The fourth-order valence-corrected chi connectivity index (χ4v) is 3.05. The number of hydrogen-bond acceptors (Lipinski definition) is 4. The molecular formula is C15H16ClN3OS. The molecule has 1 saturated carbocycles. The van der Waals surface area contributed by atoms with Crippen molar-refractivity contribution in [1.82, 2.24) is 9.97 Å². The van der Waals surface area contributed by atoms with Crippen LogP contribution < -0.4 is 5.32 Å². The van der Waals surface area contributed by atoms with Gasteiger partial charge in [-0.15, -0.1) is 0 Å². The van der Waals surface area contributed by atoms with Crippen LogP contribution in [0.4, 0.5) is 11.5 Å². The number of anilines is 2. The van der Waals surface area contributed by atoms with Crippen molar-refractivity contribution in [1.29, 1.82) is 0 Å². The van der Waals surface area contributed by atoms with E-state index in [1.54, 1.807) is 12.5 Å². The lowest BCUT2D eigenvalue weighted by molar-refractivity contribution is 0.686. The molecule has 1 aliphatic carbocycles. The van der Waals surface area contributed by atoms with Gasteiger partial charge in [-0.25, -0.2) is 9.97 Å². The van der Waals surface area contributed by atoms with Crippen LogP contribution in [0.1, 0.15) is 30.1 Å². The van der Waals surface area contributed by atoms with Crippen LogP contribution in [-0.2, 0) is 16.6 Å². The Kier molecular flexibility index (Phi) is 4.22. The first kappa shape index (κ1) is 14.5. The van der Waals surface area contributed by atoms with Crippen molar-refractivity contribution < 1.29 is 4.21 Å². The zero-order chi connectivity index (χ0) is 14.8. The van der Waals surface area contributed by atoms with Crippen molar-refractivity contribution in [3.8, 4) is 0 Å². The van der Waals surface area contributed by atoms with Gasteiger partial charge in [0.05, 0.1) is 0 Å². The van der Waals surface area contributed by atoms with Crippen molar-refractivity contribution in [3.05, 3.63) is 46.9 Å². The maximum Gasteiger partial charge on any atom is 0.134 e. The van der Waals surface area contributed by atoms with E-state index in [1.165, 1.54) is 12.8 Å². The monoisotopic (exact) mass is 321 g/mol. The average Bonchev–Trinajstić information content (AvgIpc) is 3.27. The van der Waals surface area contributed by atoms with E-state index >= 15 is 0 Å². The lowest BCUT2D eigenvalue weighted by atomic mass is 10.2. The summed E-state index contributed by atoms with van der Waals surface area (Å²) in [5.41, 5.74) is 1.76. The molecule has 4 nitrogen and oxygen atoms in total. The van der Waals surface area contributed by atoms with Gasteiger partial charge in [-0.05, 0) is 42.7 Å². The number of nitrogens with zero attached hydrogens (tertiary/aromatic N) is 2. The summed E-state index contributed by atoms with van der Waals surface area (Å²) < 4.78 is 11.4. The van der Waals surface area contributed by atoms with Gasteiger partial charge >= 0.3 is 0 Å². The zero-order valence-electron chi connectivity index (χ0n) is 11.7. The molecule has 1 N–H and O–H groups in total. The van der Waals surface area contributed by atoms with Crippen molar-refractivity contribution in [3.63, 3.8) is 0 Å². The van der Waals surface area contributed by atoms with Gasteiger partial charge in [0.2, 0.25) is 0 Å². The maximum absolute atomic E-state index is 11.4. The van der Waals surface area contributed by atoms with Gasteiger partial charge in [-0.1, -0.05) is 11.6 Å². The molecule has 0 amide bonds. The number of benzene rings is 1. The molecule has 110 valence electrons. The number of halogens is 1. The fourth-order valence-electron chi connectivity index (χ4n) is 2.11. The summed E-state index contributed by atoms with van der Waals surface area (Å²) >= 11 is 6.13. The Bertz CT molecular complexity index is 688. The van der Waals surface area contributed by atoms with Gasteiger partial charge in [0.15, 0.2) is 0 Å². The van der Waals surface area contributed by atoms with E-state index < -0.39 is 10.8 Å². The smallest absolute Gasteiger partial charge is 0.134 e. The Morgan fingerprint density at radius 2 is 2.19 bits per heavy atom. The highest BCUT2D eigenvalue weighted by molar-refractivity contribution is 7.83. The van der Waals surface area contributed by atoms with Crippen molar-refractivity contribution in [2.75, 3.05) is 11.6 Å². The van der Waals surface area contributed by atoms with E-state index in [9.17, 15) is 4.21 Å². The number of hydrogen-bond donors (Lipinski definition) is 1. The summed E-state index contributed by atoms with van der Waals surface area (Å²) in [4.78, 5) is 8.83. The number of nitrogens with one attached hydrogen (secondary N) is 1. The molecule has 6 heteroatoms. The first-order valence-corrected chi connectivity index (χ1v) is 8.91. The summed E-state index contributed by atoms with van der Waals surface area (Å²) in [6.07, 6.45) is 5.80. The summed E-state index contributed by atoms with van der Waals surface area (Å²) in [5.74, 6) is 2.66. The van der Waals surface area contributed by atoms with Crippen LogP contribution in [0.25, 0.3) is 0 Å². The van der Waals surface area contributed by atoms with Crippen LogP contribution in [0.5, 0.6) is 0 Å². The van der Waals surface area contributed by atoms with Gasteiger partial charge in [0.1, 0.15) is 11.6 Å². The SMILES string of the molecule is CS(=O)Cc1cc(Nc2ccnc(C3CC3)n2)ccc1Cl. The second-order valence-electron chi connectivity index (χ2n) is 5.22. The minimum Gasteiger partial charge on any atom is -0.340 e. The van der Waals surface area contributed by atoms with E-state index in [1.807, 2.05) is 24.3 Å². The molecule has 0 bridgehead atoms.